The summed E-state index contributed by atoms with van der Waals surface area (Å²) in [4.78, 5) is 10.9. The van der Waals surface area contributed by atoms with Gasteiger partial charge in [0.05, 0.1) is 4.47 Å². The zero-order valence-electron chi connectivity index (χ0n) is 9.24. The van der Waals surface area contributed by atoms with Crippen LogP contribution in [0.25, 0.3) is 0 Å². The molecular formula is C12H14BrNO3. The molecule has 1 unspecified atom stereocenters. The first kappa shape index (κ1) is 12.4. The van der Waals surface area contributed by atoms with Crippen LogP contribution in [0, 0.1) is 0 Å². The average Bonchev–Trinajstić information content (AvgIpc) is 2.33. The van der Waals surface area contributed by atoms with Crippen molar-refractivity contribution in [2.75, 3.05) is 0 Å². The lowest BCUT2D eigenvalue weighted by Crippen LogP contribution is -2.21. The maximum absolute atomic E-state index is 10.9. The molecule has 4 N–H and O–H groups in total. The minimum absolute atomic E-state index is 0.0412. The second-order valence-electron chi connectivity index (χ2n) is 4.29. The first-order valence-corrected chi connectivity index (χ1v) is 6.33. The number of phenolic OH excluding ortho intramolecular Hbond substituents is 1. The van der Waals surface area contributed by atoms with E-state index >= 15 is 0 Å². The predicted octanol–water partition coefficient (Wildman–Crippen LogP) is 2.12. The highest BCUT2D eigenvalue weighted by Crippen LogP contribution is 2.39. The van der Waals surface area contributed by atoms with Gasteiger partial charge in [-0.25, -0.2) is 0 Å². The minimum atomic E-state index is -1.18. The average molecular weight is 300 g/mol. The molecule has 1 aromatic carbocycles. The molecule has 1 atom stereocenters. The quantitative estimate of drug-likeness (QED) is 0.781. The third-order valence-corrected chi connectivity index (χ3v) is 4.04. The molecule has 0 bridgehead atoms. The van der Waals surface area contributed by atoms with E-state index in [1.165, 1.54) is 0 Å². The highest BCUT2D eigenvalue weighted by Gasteiger charge is 2.24. The second kappa shape index (κ2) is 4.66. The summed E-state index contributed by atoms with van der Waals surface area (Å²) in [7, 11) is 0. The van der Waals surface area contributed by atoms with Crippen molar-refractivity contribution in [1.82, 2.24) is 0 Å². The molecule has 0 radical (unpaired) electrons. The molecule has 0 aromatic heterocycles. The van der Waals surface area contributed by atoms with Gasteiger partial charge in [-0.15, -0.1) is 0 Å². The zero-order valence-corrected chi connectivity index (χ0v) is 10.8. The van der Waals surface area contributed by atoms with Crippen LogP contribution in [0.15, 0.2) is 10.5 Å². The Kier molecular flexibility index (Phi) is 3.40. The van der Waals surface area contributed by atoms with E-state index in [0.717, 1.165) is 36.8 Å². The van der Waals surface area contributed by atoms with Crippen LogP contribution in [0.5, 0.6) is 5.75 Å². The third kappa shape index (κ3) is 2.17. The molecule has 0 saturated heterocycles. The minimum Gasteiger partial charge on any atom is -0.506 e. The molecule has 0 spiro atoms. The van der Waals surface area contributed by atoms with Crippen molar-refractivity contribution in [3.63, 3.8) is 0 Å². The maximum atomic E-state index is 10.9. The fourth-order valence-corrected chi connectivity index (χ4v) is 2.92. The van der Waals surface area contributed by atoms with Crippen LogP contribution in [0.1, 0.15) is 35.6 Å². The fourth-order valence-electron chi connectivity index (χ4n) is 2.23. The summed E-state index contributed by atoms with van der Waals surface area (Å²) in [5.74, 6) is -1.18. The van der Waals surface area contributed by atoms with Gasteiger partial charge >= 0.3 is 5.97 Å². The Bertz CT molecular complexity index is 473. The molecule has 1 aliphatic carbocycles. The Morgan fingerprint density at radius 3 is 2.71 bits per heavy atom. The zero-order chi connectivity index (χ0) is 12.6. The van der Waals surface area contributed by atoms with Crippen LogP contribution in [0.2, 0.25) is 0 Å². The molecule has 2 rings (SSSR count). The number of rotatable bonds is 2. The van der Waals surface area contributed by atoms with Crippen LogP contribution in [-0.2, 0) is 17.6 Å². The van der Waals surface area contributed by atoms with Crippen molar-refractivity contribution in [2.24, 2.45) is 5.73 Å². The molecule has 0 saturated carbocycles. The van der Waals surface area contributed by atoms with Gasteiger partial charge in [-0.05, 0) is 58.8 Å². The number of fused-ring (bicyclic) bond motifs is 1. The number of halogens is 1. The topological polar surface area (TPSA) is 83.6 Å². The van der Waals surface area contributed by atoms with E-state index in [9.17, 15) is 9.90 Å². The highest BCUT2D eigenvalue weighted by atomic mass is 79.9. The Hall–Kier alpha value is -1.07. The van der Waals surface area contributed by atoms with Crippen LogP contribution < -0.4 is 5.73 Å². The first-order chi connectivity index (χ1) is 8.02. The summed E-state index contributed by atoms with van der Waals surface area (Å²) in [6, 6.07) is 0.548. The smallest absolute Gasteiger partial charge is 0.325 e. The van der Waals surface area contributed by atoms with Crippen LogP contribution in [-0.4, -0.2) is 16.2 Å². The largest absolute Gasteiger partial charge is 0.506 e. The Morgan fingerprint density at radius 2 is 2.06 bits per heavy atom. The molecular weight excluding hydrogens is 286 g/mol. The van der Waals surface area contributed by atoms with Crippen molar-refractivity contribution in [3.8, 4) is 5.75 Å². The summed E-state index contributed by atoms with van der Waals surface area (Å²) in [5.41, 5.74) is 8.01. The molecule has 5 heteroatoms. The third-order valence-electron chi connectivity index (χ3n) is 3.19. The van der Waals surface area contributed by atoms with Crippen molar-refractivity contribution in [3.05, 3.63) is 27.2 Å². The lowest BCUT2D eigenvalue weighted by atomic mass is 9.88. The summed E-state index contributed by atoms with van der Waals surface area (Å²) in [5, 5.41) is 18.9. The van der Waals surface area contributed by atoms with E-state index in [4.69, 9.17) is 10.8 Å². The molecule has 0 fully saturated rings. The van der Waals surface area contributed by atoms with Gasteiger partial charge < -0.3 is 15.9 Å². The summed E-state index contributed by atoms with van der Waals surface area (Å²) < 4.78 is 0.599. The van der Waals surface area contributed by atoms with Gasteiger partial charge in [0.2, 0.25) is 0 Å². The van der Waals surface area contributed by atoms with Gasteiger partial charge in [-0.3, -0.25) is 4.79 Å². The summed E-state index contributed by atoms with van der Waals surface area (Å²) in [6.07, 6.45) is 4.00. The van der Waals surface area contributed by atoms with E-state index < -0.39 is 12.0 Å². The SMILES string of the molecule is NC(C(=O)O)c1cc2c(c(Br)c1O)CCCC2. The summed E-state index contributed by atoms with van der Waals surface area (Å²) >= 11 is 3.34. The molecule has 0 amide bonds. The number of hydrogen-bond acceptors (Lipinski definition) is 3. The monoisotopic (exact) mass is 299 g/mol. The van der Waals surface area contributed by atoms with Crippen LogP contribution in [0.4, 0.5) is 0 Å². The van der Waals surface area contributed by atoms with Crippen LogP contribution >= 0.6 is 15.9 Å². The molecule has 92 valence electrons. The molecule has 17 heavy (non-hydrogen) atoms. The van der Waals surface area contributed by atoms with E-state index in [2.05, 4.69) is 15.9 Å². The standard InChI is InChI=1S/C12H14BrNO3/c13-9-7-4-2-1-3-6(7)5-8(11(9)15)10(14)12(16)17/h5,10,15H,1-4,14H2,(H,16,17). The number of hydrogen-bond donors (Lipinski definition) is 3. The predicted molar refractivity (Wildman–Crippen MR) is 67.0 cm³/mol. The van der Waals surface area contributed by atoms with Crippen LogP contribution in [0.3, 0.4) is 0 Å². The molecule has 0 aliphatic heterocycles. The fraction of sp³-hybridized carbons (Fsp3) is 0.417. The van der Waals surface area contributed by atoms with E-state index in [-0.39, 0.29) is 11.3 Å². The van der Waals surface area contributed by atoms with Crippen molar-refractivity contribution < 1.29 is 15.0 Å². The van der Waals surface area contributed by atoms with Gasteiger partial charge in [0.25, 0.3) is 0 Å². The number of aromatic hydroxyl groups is 1. The van der Waals surface area contributed by atoms with Gasteiger partial charge in [0.15, 0.2) is 0 Å². The Balaban J connectivity index is 2.55. The van der Waals surface area contributed by atoms with Gasteiger partial charge in [0.1, 0.15) is 11.8 Å². The number of carbonyl (C=O) groups is 1. The normalized spacial score (nSPS) is 16.4. The lowest BCUT2D eigenvalue weighted by molar-refractivity contribution is -0.138. The van der Waals surface area contributed by atoms with E-state index in [1.807, 2.05) is 0 Å². The van der Waals surface area contributed by atoms with E-state index in [0.29, 0.717) is 4.47 Å². The van der Waals surface area contributed by atoms with Gasteiger partial charge in [0, 0.05) is 5.56 Å². The van der Waals surface area contributed by atoms with E-state index in [1.54, 1.807) is 6.07 Å². The number of carboxylic acids is 1. The Morgan fingerprint density at radius 1 is 1.41 bits per heavy atom. The number of aliphatic carboxylic acids is 1. The van der Waals surface area contributed by atoms with Gasteiger partial charge in [-0.2, -0.15) is 0 Å². The van der Waals surface area contributed by atoms with Crippen molar-refractivity contribution in [2.45, 2.75) is 31.7 Å². The molecule has 0 heterocycles. The number of nitrogens with two attached hydrogens (primary N) is 1. The first-order valence-electron chi connectivity index (χ1n) is 5.54. The second-order valence-corrected chi connectivity index (χ2v) is 5.08. The number of aryl methyl sites for hydroxylation is 1. The van der Waals surface area contributed by atoms with Gasteiger partial charge in [-0.1, -0.05) is 0 Å². The molecule has 4 nitrogen and oxygen atoms in total. The lowest BCUT2D eigenvalue weighted by Gasteiger charge is -2.21. The maximum Gasteiger partial charge on any atom is 0.325 e. The number of benzene rings is 1. The highest BCUT2D eigenvalue weighted by molar-refractivity contribution is 9.10. The number of phenols is 1. The number of carboxylic acid groups (broad SMARTS) is 1. The Labute approximate surface area is 108 Å². The molecule has 1 aliphatic rings. The van der Waals surface area contributed by atoms with Crippen molar-refractivity contribution in [1.29, 1.82) is 0 Å². The summed E-state index contributed by atoms with van der Waals surface area (Å²) in [6.45, 7) is 0. The van der Waals surface area contributed by atoms with Crippen molar-refractivity contribution >= 4 is 21.9 Å². The molecule has 1 aromatic rings.